The van der Waals surface area contributed by atoms with E-state index in [1.165, 1.54) is 25.8 Å². The standard InChI is InChI=1S/C15H26N2O/c1-3-16-10-14-8-9-15(18-14)12-17(4-2)11-13-6-5-7-13/h8-9,13,16H,3-7,10-12H2,1-2H3. The van der Waals surface area contributed by atoms with Crippen molar-refractivity contribution in [1.29, 1.82) is 0 Å². The maximum absolute atomic E-state index is 5.85. The van der Waals surface area contributed by atoms with Crippen LogP contribution in [0.1, 0.15) is 44.6 Å². The van der Waals surface area contributed by atoms with Crippen molar-refractivity contribution in [3.63, 3.8) is 0 Å². The topological polar surface area (TPSA) is 28.4 Å². The molecule has 0 amide bonds. The third-order valence-electron chi connectivity index (χ3n) is 3.83. The molecule has 1 aromatic rings. The molecule has 0 radical (unpaired) electrons. The summed E-state index contributed by atoms with van der Waals surface area (Å²) in [6, 6.07) is 4.21. The first kappa shape index (κ1) is 13.6. The molecular weight excluding hydrogens is 224 g/mol. The molecule has 1 aliphatic carbocycles. The zero-order chi connectivity index (χ0) is 12.8. The SMILES string of the molecule is CCNCc1ccc(CN(CC)CC2CCC2)o1. The van der Waals surface area contributed by atoms with E-state index in [2.05, 4.69) is 36.2 Å². The molecule has 1 aromatic heterocycles. The average Bonchev–Trinajstić information content (AvgIpc) is 2.77. The Morgan fingerprint density at radius 3 is 2.67 bits per heavy atom. The van der Waals surface area contributed by atoms with E-state index in [4.69, 9.17) is 4.42 Å². The Morgan fingerprint density at radius 1 is 1.28 bits per heavy atom. The highest BCUT2D eigenvalue weighted by Crippen LogP contribution is 2.27. The minimum atomic E-state index is 0.839. The molecule has 0 saturated heterocycles. The smallest absolute Gasteiger partial charge is 0.118 e. The highest BCUT2D eigenvalue weighted by molar-refractivity contribution is 5.07. The van der Waals surface area contributed by atoms with Crippen molar-refractivity contribution in [3.8, 4) is 0 Å². The number of hydrogen-bond donors (Lipinski definition) is 1. The van der Waals surface area contributed by atoms with E-state index < -0.39 is 0 Å². The third kappa shape index (κ3) is 3.85. The summed E-state index contributed by atoms with van der Waals surface area (Å²) in [5, 5.41) is 3.29. The summed E-state index contributed by atoms with van der Waals surface area (Å²) in [5.41, 5.74) is 0. The summed E-state index contributed by atoms with van der Waals surface area (Å²) in [5.74, 6) is 3.08. The van der Waals surface area contributed by atoms with Crippen LogP contribution in [0, 0.1) is 5.92 Å². The molecule has 102 valence electrons. The lowest BCUT2D eigenvalue weighted by Gasteiger charge is -2.31. The molecule has 1 aliphatic rings. The van der Waals surface area contributed by atoms with Crippen molar-refractivity contribution < 1.29 is 4.42 Å². The quantitative estimate of drug-likeness (QED) is 0.769. The molecule has 1 N–H and O–H groups in total. The Bertz CT molecular complexity index is 344. The van der Waals surface area contributed by atoms with Gasteiger partial charge in [-0.25, -0.2) is 0 Å². The fraction of sp³-hybridized carbons (Fsp3) is 0.733. The van der Waals surface area contributed by atoms with Crippen LogP contribution < -0.4 is 5.32 Å². The lowest BCUT2D eigenvalue weighted by atomic mass is 9.85. The zero-order valence-electron chi connectivity index (χ0n) is 11.7. The highest BCUT2D eigenvalue weighted by Gasteiger charge is 2.20. The van der Waals surface area contributed by atoms with Gasteiger partial charge in [0.2, 0.25) is 0 Å². The van der Waals surface area contributed by atoms with Gasteiger partial charge in [0.1, 0.15) is 11.5 Å². The van der Waals surface area contributed by atoms with E-state index in [-0.39, 0.29) is 0 Å². The minimum absolute atomic E-state index is 0.839. The molecular formula is C15H26N2O. The molecule has 0 spiro atoms. The normalized spacial score (nSPS) is 16.2. The molecule has 0 atom stereocenters. The molecule has 3 heteroatoms. The molecule has 1 fully saturated rings. The summed E-state index contributed by atoms with van der Waals surface area (Å²) < 4.78 is 5.85. The van der Waals surface area contributed by atoms with Crippen LogP contribution >= 0.6 is 0 Å². The number of hydrogen-bond acceptors (Lipinski definition) is 3. The van der Waals surface area contributed by atoms with E-state index in [9.17, 15) is 0 Å². The van der Waals surface area contributed by atoms with Gasteiger partial charge in [-0.15, -0.1) is 0 Å². The van der Waals surface area contributed by atoms with Crippen LogP contribution in [0.25, 0.3) is 0 Å². The van der Waals surface area contributed by atoms with Crippen LogP contribution in [-0.4, -0.2) is 24.5 Å². The average molecular weight is 250 g/mol. The van der Waals surface area contributed by atoms with Gasteiger partial charge >= 0.3 is 0 Å². The van der Waals surface area contributed by atoms with Gasteiger partial charge in [0.05, 0.1) is 13.1 Å². The van der Waals surface area contributed by atoms with Gasteiger partial charge in [0.25, 0.3) is 0 Å². The van der Waals surface area contributed by atoms with Crippen molar-refractivity contribution in [1.82, 2.24) is 10.2 Å². The van der Waals surface area contributed by atoms with Gasteiger partial charge in [-0.1, -0.05) is 20.3 Å². The lowest BCUT2D eigenvalue weighted by Crippen LogP contribution is -2.31. The first-order chi connectivity index (χ1) is 8.81. The number of nitrogens with zero attached hydrogens (tertiary/aromatic N) is 1. The summed E-state index contributed by atoms with van der Waals surface area (Å²) in [6.45, 7) is 9.48. The van der Waals surface area contributed by atoms with Crippen LogP contribution in [0.3, 0.4) is 0 Å². The highest BCUT2D eigenvalue weighted by atomic mass is 16.3. The molecule has 3 nitrogen and oxygen atoms in total. The third-order valence-corrected chi connectivity index (χ3v) is 3.83. The van der Waals surface area contributed by atoms with E-state index in [0.717, 1.165) is 43.6 Å². The van der Waals surface area contributed by atoms with E-state index >= 15 is 0 Å². The van der Waals surface area contributed by atoms with Gasteiger partial charge in [0.15, 0.2) is 0 Å². The van der Waals surface area contributed by atoms with Gasteiger partial charge < -0.3 is 9.73 Å². The van der Waals surface area contributed by atoms with E-state index in [1.54, 1.807) is 0 Å². The second-order valence-corrected chi connectivity index (χ2v) is 5.27. The van der Waals surface area contributed by atoms with Gasteiger partial charge in [-0.2, -0.15) is 0 Å². The first-order valence-corrected chi connectivity index (χ1v) is 7.32. The van der Waals surface area contributed by atoms with Gasteiger partial charge in [-0.3, -0.25) is 4.90 Å². The van der Waals surface area contributed by atoms with Crippen molar-refractivity contribution in [2.24, 2.45) is 5.92 Å². The van der Waals surface area contributed by atoms with Crippen LogP contribution in [-0.2, 0) is 13.1 Å². The predicted octanol–water partition coefficient (Wildman–Crippen LogP) is 3.01. The van der Waals surface area contributed by atoms with Crippen LogP contribution in [0.15, 0.2) is 16.5 Å². The zero-order valence-corrected chi connectivity index (χ0v) is 11.7. The molecule has 1 saturated carbocycles. The van der Waals surface area contributed by atoms with Crippen molar-refractivity contribution in [2.45, 2.75) is 46.2 Å². The molecule has 1 heterocycles. The second-order valence-electron chi connectivity index (χ2n) is 5.27. The maximum atomic E-state index is 5.85. The van der Waals surface area contributed by atoms with Gasteiger partial charge in [0, 0.05) is 6.54 Å². The summed E-state index contributed by atoms with van der Waals surface area (Å²) in [7, 11) is 0. The Morgan fingerprint density at radius 2 is 2.06 bits per heavy atom. The molecule has 0 bridgehead atoms. The predicted molar refractivity (Wildman–Crippen MR) is 74.4 cm³/mol. The number of nitrogens with one attached hydrogen (secondary N) is 1. The summed E-state index contributed by atoms with van der Waals surface area (Å²) in [6.07, 6.45) is 4.26. The fourth-order valence-corrected chi connectivity index (χ4v) is 2.42. The van der Waals surface area contributed by atoms with Gasteiger partial charge in [-0.05, 0) is 44.0 Å². The second kappa shape index (κ2) is 6.95. The minimum Gasteiger partial charge on any atom is -0.463 e. The Hall–Kier alpha value is -0.800. The monoisotopic (exact) mass is 250 g/mol. The molecule has 0 unspecified atom stereocenters. The first-order valence-electron chi connectivity index (χ1n) is 7.32. The molecule has 18 heavy (non-hydrogen) atoms. The Balaban J connectivity index is 1.80. The van der Waals surface area contributed by atoms with E-state index in [0.29, 0.717) is 0 Å². The number of furan rings is 1. The molecule has 0 aliphatic heterocycles. The van der Waals surface area contributed by atoms with Crippen LogP contribution in [0.4, 0.5) is 0 Å². The van der Waals surface area contributed by atoms with Crippen molar-refractivity contribution in [3.05, 3.63) is 23.7 Å². The Kier molecular flexibility index (Phi) is 5.26. The largest absolute Gasteiger partial charge is 0.463 e. The van der Waals surface area contributed by atoms with Crippen LogP contribution in [0.5, 0.6) is 0 Å². The maximum Gasteiger partial charge on any atom is 0.118 e. The summed E-state index contributed by atoms with van der Waals surface area (Å²) in [4.78, 5) is 2.50. The van der Waals surface area contributed by atoms with Crippen molar-refractivity contribution >= 4 is 0 Å². The Labute approximate surface area is 111 Å². The van der Waals surface area contributed by atoms with E-state index in [1.807, 2.05) is 0 Å². The molecule has 0 aromatic carbocycles. The summed E-state index contributed by atoms with van der Waals surface area (Å²) >= 11 is 0. The molecule has 2 rings (SSSR count). The lowest BCUT2D eigenvalue weighted by molar-refractivity contribution is 0.168. The van der Waals surface area contributed by atoms with Crippen molar-refractivity contribution in [2.75, 3.05) is 19.6 Å². The number of rotatable bonds is 8. The van der Waals surface area contributed by atoms with Crippen LogP contribution in [0.2, 0.25) is 0 Å². The fourth-order valence-electron chi connectivity index (χ4n) is 2.42.